The van der Waals surface area contributed by atoms with Gasteiger partial charge in [-0.05, 0) is 24.3 Å². The lowest BCUT2D eigenvalue weighted by Gasteiger charge is -2.12. The standard InChI is InChI=1S/C13H17N3O3S3/c1-16(2)22(18,19)11-5-3-10(4-6-11)15-12(17)9-21-13-14-7-8-20-13/h3-6H,7-9H2,1-2H3,(H,15,17). The Morgan fingerprint density at radius 2 is 2.05 bits per heavy atom. The van der Waals surface area contributed by atoms with Gasteiger partial charge in [0.2, 0.25) is 15.9 Å². The number of nitrogens with zero attached hydrogens (tertiary/aromatic N) is 2. The van der Waals surface area contributed by atoms with E-state index < -0.39 is 10.0 Å². The van der Waals surface area contributed by atoms with Crippen LogP contribution in [-0.4, -0.2) is 55.2 Å². The van der Waals surface area contributed by atoms with E-state index >= 15 is 0 Å². The number of amides is 1. The van der Waals surface area contributed by atoms with E-state index in [-0.39, 0.29) is 10.8 Å². The number of carbonyl (C=O) groups excluding carboxylic acids is 1. The summed E-state index contributed by atoms with van der Waals surface area (Å²) in [5.74, 6) is 1.14. The van der Waals surface area contributed by atoms with Gasteiger partial charge in [-0.2, -0.15) is 0 Å². The highest BCUT2D eigenvalue weighted by molar-refractivity contribution is 8.39. The third kappa shape index (κ3) is 4.48. The normalized spacial score (nSPS) is 15.0. The first kappa shape index (κ1) is 17.3. The third-order valence-corrected chi connectivity index (χ3v) is 6.88. The SMILES string of the molecule is CN(C)S(=O)(=O)c1ccc(NC(=O)CSC2=NCCS2)cc1. The molecule has 1 N–H and O–H groups in total. The molecule has 1 amide bonds. The van der Waals surface area contributed by atoms with Crippen LogP contribution in [0.3, 0.4) is 0 Å². The number of nitrogens with one attached hydrogen (secondary N) is 1. The lowest BCUT2D eigenvalue weighted by atomic mass is 10.3. The molecule has 0 unspecified atom stereocenters. The summed E-state index contributed by atoms with van der Waals surface area (Å²) in [7, 11) is -0.489. The van der Waals surface area contributed by atoms with Crippen LogP contribution in [0.1, 0.15) is 0 Å². The van der Waals surface area contributed by atoms with Gasteiger partial charge in [0.05, 0.1) is 17.2 Å². The largest absolute Gasteiger partial charge is 0.325 e. The Hall–Kier alpha value is -1.03. The molecule has 0 saturated heterocycles. The highest BCUT2D eigenvalue weighted by Crippen LogP contribution is 2.22. The zero-order chi connectivity index (χ0) is 16.2. The highest BCUT2D eigenvalue weighted by atomic mass is 32.2. The molecule has 1 aliphatic rings. The molecule has 0 radical (unpaired) electrons. The van der Waals surface area contributed by atoms with E-state index in [2.05, 4.69) is 10.3 Å². The summed E-state index contributed by atoms with van der Waals surface area (Å²) in [6, 6.07) is 6.13. The second-order valence-corrected chi connectivity index (χ2v) is 9.10. The van der Waals surface area contributed by atoms with E-state index in [4.69, 9.17) is 0 Å². The van der Waals surface area contributed by atoms with Crippen LogP contribution >= 0.6 is 23.5 Å². The fraction of sp³-hybridized carbons (Fsp3) is 0.385. The molecule has 1 heterocycles. The summed E-state index contributed by atoms with van der Waals surface area (Å²) in [5, 5.41) is 2.74. The summed E-state index contributed by atoms with van der Waals surface area (Å²) < 4.78 is 26.0. The molecule has 0 aliphatic carbocycles. The first-order valence-corrected chi connectivity index (χ1v) is 9.93. The summed E-state index contributed by atoms with van der Waals surface area (Å²) in [4.78, 5) is 16.3. The molecule has 6 nitrogen and oxygen atoms in total. The molecule has 0 spiro atoms. The minimum absolute atomic E-state index is 0.136. The highest BCUT2D eigenvalue weighted by Gasteiger charge is 2.17. The van der Waals surface area contributed by atoms with Crippen LogP contribution in [0, 0.1) is 0 Å². The molecule has 1 aliphatic heterocycles. The Kier molecular flexibility index (Phi) is 5.90. The van der Waals surface area contributed by atoms with Crippen LogP contribution < -0.4 is 5.32 Å². The number of hydrogen-bond donors (Lipinski definition) is 1. The van der Waals surface area contributed by atoms with Crippen molar-refractivity contribution in [2.45, 2.75) is 4.90 Å². The maximum Gasteiger partial charge on any atom is 0.242 e. The first-order chi connectivity index (χ1) is 10.4. The van der Waals surface area contributed by atoms with Crippen molar-refractivity contribution in [2.24, 2.45) is 4.99 Å². The maximum atomic E-state index is 11.9. The van der Waals surface area contributed by atoms with Crippen molar-refractivity contribution in [2.75, 3.05) is 37.5 Å². The molecule has 1 aromatic carbocycles. The zero-order valence-electron chi connectivity index (χ0n) is 12.3. The summed E-state index contributed by atoms with van der Waals surface area (Å²) in [6.07, 6.45) is 0. The summed E-state index contributed by atoms with van der Waals surface area (Å²) in [5.41, 5.74) is 0.573. The van der Waals surface area contributed by atoms with Crippen molar-refractivity contribution in [1.29, 1.82) is 0 Å². The van der Waals surface area contributed by atoms with Gasteiger partial charge in [0.25, 0.3) is 0 Å². The number of anilines is 1. The molecule has 120 valence electrons. The Labute approximate surface area is 138 Å². The van der Waals surface area contributed by atoms with E-state index in [0.717, 1.165) is 21.0 Å². The lowest BCUT2D eigenvalue weighted by molar-refractivity contribution is -0.113. The second kappa shape index (κ2) is 7.49. The molecule has 0 saturated carbocycles. The van der Waals surface area contributed by atoms with Crippen molar-refractivity contribution >= 4 is 49.5 Å². The van der Waals surface area contributed by atoms with Crippen molar-refractivity contribution in [1.82, 2.24) is 4.31 Å². The molecule has 22 heavy (non-hydrogen) atoms. The smallest absolute Gasteiger partial charge is 0.242 e. The first-order valence-electron chi connectivity index (χ1n) is 6.52. The van der Waals surface area contributed by atoms with Crippen LogP contribution in [0.15, 0.2) is 34.2 Å². The molecule has 0 aromatic heterocycles. The van der Waals surface area contributed by atoms with Gasteiger partial charge in [-0.1, -0.05) is 23.5 Å². The fourth-order valence-corrected chi connectivity index (χ4v) is 4.36. The minimum atomic E-state index is -3.45. The van der Waals surface area contributed by atoms with Crippen molar-refractivity contribution in [3.05, 3.63) is 24.3 Å². The Morgan fingerprint density at radius 1 is 1.36 bits per heavy atom. The van der Waals surface area contributed by atoms with E-state index in [1.54, 1.807) is 23.9 Å². The fourth-order valence-electron chi connectivity index (χ4n) is 1.65. The average molecular weight is 359 g/mol. The van der Waals surface area contributed by atoms with Gasteiger partial charge in [-0.25, -0.2) is 12.7 Å². The molecule has 9 heteroatoms. The van der Waals surface area contributed by atoms with Gasteiger partial charge in [-0.15, -0.1) is 0 Å². The van der Waals surface area contributed by atoms with E-state index in [0.29, 0.717) is 11.4 Å². The van der Waals surface area contributed by atoms with Crippen molar-refractivity contribution < 1.29 is 13.2 Å². The molecule has 0 bridgehead atoms. The maximum absolute atomic E-state index is 11.9. The minimum Gasteiger partial charge on any atom is -0.325 e. The van der Waals surface area contributed by atoms with Gasteiger partial charge < -0.3 is 5.32 Å². The molecule has 0 atom stereocenters. The van der Waals surface area contributed by atoms with E-state index in [1.165, 1.54) is 38.0 Å². The quantitative estimate of drug-likeness (QED) is 0.866. The lowest BCUT2D eigenvalue weighted by Crippen LogP contribution is -2.22. The van der Waals surface area contributed by atoms with Crippen molar-refractivity contribution in [3.63, 3.8) is 0 Å². The molecular formula is C13H17N3O3S3. The number of carbonyl (C=O) groups is 1. The van der Waals surface area contributed by atoms with Gasteiger partial charge in [-0.3, -0.25) is 9.79 Å². The van der Waals surface area contributed by atoms with Crippen molar-refractivity contribution in [3.8, 4) is 0 Å². The topological polar surface area (TPSA) is 78.8 Å². The average Bonchev–Trinajstić information content (AvgIpc) is 2.99. The van der Waals surface area contributed by atoms with Crippen LogP contribution in [-0.2, 0) is 14.8 Å². The van der Waals surface area contributed by atoms with Gasteiger partial charge in [0.15, 0.2) is 0 Å². The van der Waals surface area contributed by atoms with E-state index in [9.17, 15) is 13.2 Å². The molecule has 2 rings (SSSR count). The van der Waals surface area contributed by atoms with Crippen LogP contribution in [0.4, 0.5) is 5.69 Å². The monoisotopic (exact) mass is 359 g/mol. The number of rotatable bonds is 5. The predicted molar refractivity (Wildman–Crippen MR) is 93.2 cm³/mol. The van der Waals surface area contributed by atoms with Gasteiger partial charge in [0.1, 0.15) is 4.38 Å². The van der Waals surface area contributed by atoms with Crippen LogP contribution in [0.2, 0.25) is 0 Å². The molecule has 1 aromatic rings. The molecular weight excluding hydrogens is 342 g/mol. The Morgan fingerprint density at radius 3 is 2.59 bits per heavy atom. The van der Waals surface area contributed by atoms with Gasteiger partial charge >= 0.3 is 0 Å². The summed E-state index contributed by atoms with van der Waals surface area (Å²) >= 11 is 3.08. The number of benzene rings is 1. The molecule has 0 fully saturated rings. The Bertz CT molecular complexity index is 670. The second-order valence-electron chi connectivity index (χ2n) is 4.64. The number of hydrogen-bond acceptors (Lipinski definition) is 6. The predicted octanol–water partition coefficient (Wildman–Crippen LogP) is 1.71. The number of sulfonamides is 1. The van der Waals surface area contributed by atoms with Gasteiger partial charge in [0, 0.05) is 25.5 Å². The summed E-state index contributed by atoms with van der Waals surface area (Å²) in [6.45, 7) is 0.816. The number of thioether (sulfide) groups is 2. The van der Waals surface area contributed by atoms with E-state index in [1.807, 2.05) is 0 Å². The number of aliphatic imine (C=N–C) groups is 1. The third-order valence-electron chi connectivity index (χ3n) is 2.80. The zero-order valence-corrected chi connectivity index (χ0v) is 14.7. The Balaban J connectivity index is 1.92. The van der Waals surface area contributed by atoms with Crippen LogP contribution in [0.5, 0.6) is 0 Å². The van der Waals surface area contributed by atoms with Crippen LogP contribution in [0.25, 0.3) is 0 Å².